The predicted molar refractivity (Wildman–Crippen MR) is 38.5 cm³/mol. The molecule has 0 unspecified atom stereocenters. The molecule has 1 rings (SSSR count). The standard InChI is InChI=1S/C4H5NS.C2H4O2/c1-2-4-6-5-3-1;1-2(3)4/h1-5H;1H3,(H,3,4). The SMILES string of the molecule is C1=C[NH2+]SC=C1.CC(=O)[O-]. The summed E-state index contributed by atoms with van der Waals surface area (Å²) >= 11 is 1.70. The van der Waals surface area contributed by atoms with Gasteiger partial charge >= 0.3 is 0 Å². The van der Waals surface area contributed by atoms with Crippen LogP contribution in [0.25, 0.3) is 0 Å². The van der Waals surface area contributed by atoms with Crippen LogP contribution in [0.1, 0.15) is 6.92 Å². The smallest absolute Gasteiger partial charge is 0.105 e. The lowest BCUT2D eigenvalue weighted by Crippen LogP contribution is -2.68. The molecule has 3 nitrogen and oxygen atoms in total. The van der Waals surface area contributed by atoms with E-state index in [1.807, 2.05) is 28.5 Å². The maximum atomic E-state index is 8.89. The van der Waals surface area contributed by atoms with Crippen LogP contribution in [-0.4, -0.2) is 5.97 Å². The van der Waals surface area contributed by atoms with Gasteiger partial charge in [0.05, 0.1) is 0 Å². The first-order valence-corrected chi connectivity index (χ1v) is 3.66. The molecule has 1 heterocycles. The minimum atomic E-state index is -1.08. The van der Waals surface area contributed by atoms with E-state index in [0.717, 1.165) is 6.92 Å². The first kappa shape index (κ1) is 9.26. The van der Waals surface area contributed by atoms with Gasteiger partial charge < -0.3 is 9.90 Å². The van der Waals surface area contributed by atoms with Crippen LogP contribution in [0.4, 0.5) is 0 Å². The maximum absolute atomic E-state index is 8.89. The van der Waals surface area contributed by atoms with E-state index in [-0.39, 0.29) is 0 Å². The van der Waals surface area contributed by atoms with Crippen molar-refractivity contribution >= 4 is 17.9 Å². The maximum Gasteiger partial charge on any atom is 0.105 e. The van der Waals surface area contributed by atoms with E-state index in [4.69, 9.17) is 9.90 Å². The van der Waals surface area contributed by atoms with Gasteiger partial charge in [-0.15, -0.1) is 0 Å². The average Bonchev–Trinajstić information content (AvgIpc) is 1.90. The Morgan fingerprint density at radius 2 is 2.20 bits per heavy atom. The van der Waals surface area contributed by atoms with E-state index in [9.17, 15) is 0 Å². The first-order chi connectivity index (χ1) is 4.73. The van der Waals surface area contributed by atoms with Crippen molar-refractivity contribution in [2.45, 2.75) is 6.92 Å². The highest BCUT2D eigenvalue weighted by Crippen LogP contribution is 1.89. The van der Waals surface area contributed by atoms with Gasteiger partial charge in [0.15, 0.2) is 0 Å². The number of hydrogen-bond acceptors (Lipinski definition) is 3. The van der Waals surface area contributed by atoms with Crippen molar-refractivity contribution in [3.8, 4) is 0 Å². The Morgan fingerprint density at radius 3 is 2.30 bits per heavy atom. The van der Waals surface area contributed by atoms with Gasteiger partial charge in [0.1, 0.15) is 18.1 Å². The fourth-order valence-electron chi connectivity index (χ4n) is 0.291. The number of quaternary nitrogens is 1. The first-order valence-electron chi connectivity index (χ1n) is 2.71. The van der Waals surface area contributed by atoms with Crippen LogP contribution in [-0.2, 0) is 4.79 Å². The van der Waals surface area contributed by atoms with Crippen LogP contribution < -0.4 is 9.83 Å². The van der Waals surface area contributed by atoms with Crippen LogP contribution in [0.15, 0.2) is 23.8 Å². The van der Waals surface area contributed by atoms with E-state index in [0.29, 0.717) is 0 Å². The summed E-state index contributed by atoms with van der Waals surface area (Å²) in [5.74, 6) is -1.08. The molecule has 0 aromatic carbocycles. The number of carbonyl (C=O) groups is 1. The molecule has 0 fully saturated rings. The van der Waals surface area contributed by atoms with Gasteiger partial charge in [-0.2, -0.15) is 0 Å². The highest BCUT2D eigenvalue weighted by atomic mass is 32.2. The normalized spacial score (nSPS) is 13.7. The molecule has 56 valence electrons. The summed E-state index contributed by atoms with van der Waals surface area (Å²) in [5, 5.41) is 10.9. The Morgan fingerprint density at radius 1 is 1.60 bits per heavy atom. The monoisotopic (exact) mass is 159 g/mol. The molecule has 10 heavy (non-hydrogen) atoms. The Balaban J connectivity index is 0.000000180. The summed E-state index contributed by atoms with van der Waals surface area (Å²) in [7, 11) is 0. The van der Waals surface area contributed by atoms with Gasteiger partial charge in [-0.3, -0.25) is 4.72 Å². The molecule has 0 saturated heterocycles. The lowest BCUT2D eigenvalue weighted by Gasteiger charge is -1.85. The van der Waals surface area contributed by atoms with Gasteiger partial charge in [0.25, 0.3) is 0 Å². The van der Waals surface area contributed by atoms with Crippen LogP contribution in [0.2, 0.25) is 0 Å². The summed E-state index contributed by atoms with van der Waals surface area (Å²) in [4.78, 5) is 8.89. The van der Waals surface area contributed by atoms with Gasteiger partial charge in [0.2, 0.25) is 0 Å². The van der Waals surface area contributed by atoms with E-state index in [1.54, 1.807) is 11.9 Å². The second-order valence-electron chi connectivity index (χ2n) is 1.48. The second kappa shape index (κ2) is 6.38. The highest BCUT2D eigenvalue weighted by Gasteiger charge is 1.81. The lowest BCUT2D eigenvalue weighted by molar-refractivity contribution is -0.395. The van der Waals surface area contributed by atoms with Crippen molar-refractivity contribution in [3.05, 3.63) is 23.8 Å². The molecule has 0 aliphatic carbocycles. The van der Waals surface area contributed by atoms with Crippen LogP contribution >= 0.6 is 11.9 Å². The number of carbonyl (C=O) groups excluding carboxylic acids is 1. The molecule has 2 N–H and O–H groups in total. The fraction of sp³-hybridized carbons (Fsp3) is 0.167. The number of hydrogen-bond donors (Lipinski definition) is 1. The molecule has 0 aromatic heterocycles. The minimum Gasteiger partial charge on any atom is -0.550 e. The van der Waals surface area contributed by atoms with E-state index in [1.165, 1.54) is 0 Å². The van der Waals surface area contributed by atoms with E-state index in [2.05, 4.69) is 0 Å². The Hall–Kier alpha value is -0.740. The summed E-state index contributed by atoms with van der Waals surface area (Å²) < 4.78 is 2.04. The molecule has 0 saturated carbocycles. The molecule has 0 spiro atoms. The zero-order chi connectivity index (χ0) is 7.82. The molecule has 4 heteroatoms. The number of nitrogens with two attached hydrogens (primary N) is 1. The summed E-state index contributed by atoms with van der Waals surface area (Å²) in [6.45, 7) is 0.972. The number of carboxylic acids is 1. The molecular formula is C6H9NO2S. The molecule has 1 aliphatic heterocycles. The topological polar surface area (TPSA) is 56.7 Å². The van der Waals surface area contributed by atoms with Crippen molar-refractivity contribution < 1.29 is 14.6 Å². The van der Waals surface area contributed by atoms with Crippen LogP contribution in [0, 0.1) is 0 Å². The van der Waals surface area contributed by atoms with Crippen molar-refractivity contribution in [2.24, 2.45) is 0 Å². The highest BCUT2D eigenvalue weighted by molar-refractivity contribution is 7.95. The summed E-state index contributed by atoms with van der Waals surface area (Å²) in [5.41, 5.74) is 0. The van der Waals surface area contributed by atoms with Crippen molar-refractivity contribution in [2.75, 3.05) is 0 Å². The molecule has 0 amide bonds. The zero-order valence-electron chi connectivity index (χ0n) is 5.61. The molecule has 1 aliphatic rings. The average molecular weight is 159 g/mol. The number of rotatable bonds is 0. The van der Waals surface area contributed by atoms with Crippen LogP contribution in [0.5, 0.6) is 0 Å². The summed E-state index contributed by atoms with van der Waals surface area (Å²) in [6.07, 6.45) is 6.05. The van der Waals surface area contributed by atoms with E-state index >= 15 is 0 Å². The van der Waals surface area contributed by atoms with Gasteiger partial charge in [-0.1, -0.05) is 0 Å². The Bertz CT molecular complexity index is 138. The second-order valence-corrected chi connectivity index (χ2v) is 2.29. The molecule has 0 radical (unpaired) electrons. The Kier molecular flexibility index (Phi) is 5.91. The van der Waals surface area contributed by atoms with Crippen molar-refractivity contribution in [1.82, 2.24) is 0 Å². The quantitative estimate of drug-likeness (QED) is 0.461. The van der Waals surface area contributed by atoms with Gasteiger partial charge in [0, 0.05) is 11.4 Å². The van der Waals surface area contributed by atoms with Crippen LogP contribution in [0.3, 0.4) is 0 Å². The third kappa shape index (κ3) is 10.3. The number of allylic oxidation sites excluding steroid dienone is 2. The fourth-order valence-corrected chi connectivity index (χ4v) is 0.745. The lowest BCUT2D eigenvalue weighted by atomic mass is 10.6. The summed E-state index contributed by atoms with van der Waals surface area (Å²) in [6, 6.07) is 0. The molecule has 0 aromatic rings. The van der Waals surface area contributed by atoms with Gasteiger partial charge in [-0.25, -0.2) is 0 Å². The number of aliphatic carboxylic acids is 1. The van der Waals surface area contributed by atoms with Crippen molar-refractivity contribution in [3.63, 3.8) is 0 Å². The van der Waals surface area contributed by atoms with E-state index < -0.39 is 5.97 Å². The molecular weight excluding hydrogens is 150 g/mol. The molecule has 0 bridgehead atoms. The van der Waals surface area contributed by atoms with Gasteiger partial charge in [-0.05, 0) is 19.1 Å². The largest absolute Gasteiger partial charge is 0.550 e. The molecule has 0 atom stereocenters. The number of carboxylic acid groups (broad SMARTS) is 1. The zero-order valence-corrected chi connectivity index (χ0v) is 6.43. The third-order valence-electron chi connectivity index (χ3n) is 0.536. The van der Waals surface area contributed by atoms with Crippen molar-refractivity contribution in [1.29, 1.82) is 0 Å². The predicted octanol–water partition coefficient (Wildman–Crippen LogP) is -1.00. The third-order valence-corrected chi connectivity index (χ3v) is 1.17. The minimum absolute atomic E-state index is 0.972. The Labute approximate surface area is 63.9 Å².